The third-order valence-electron chi connectivity index (χ3n) is 3.40. The smallest absolute Gasteiger partial charge is 0.306 e. The van der Waals surface area contributed by atoms with Crippen molar-refractivity contribution in [3.05, 3.63) is 64.0 Å². The summed E-state index contributed by atoms with van der Waals surface area (Å²) in [6, 6.07) is 8.39. The number of fused-ring (bicyclic) bond motifs is 1. The number of rotatable bonds is 4. The lowest BCUT2D eigenvalue weighted by atomic mass is 10.2. The number of nitro groups is 1. The molecule has 0 radical (unpaired) electrons. The molecule has 128 valence electrons. The number of ether oxygens (including phenoxy) is 2. The zero-order chi connectivity index (χ0) is 17.8. The summed E-state index contributed by atoms with van der Waals surface area (Å²) < 4.78 is 24.1. The number of carbonyl (C=O) groups is 1. The van der Waals surface area contributed by atoms with Crippen molar-refractivity contribution >= 4 is 23.4 Å². The van der Waals surface area contributed by atoms with Crippen molar-refractivity contribution in [3.63, 3.8) is 0 Å². The first-order valence-corrected chi connectivity index (χ1v) is 7.35. The average molecular weight is 344 g/mol. The van der Waals surface area contributed by atoms with E-state index in [0.717, 1.165) is 17.7 Å². The summed E-state index contributed by atoms with van der Waals surface area (Å²) in [7, 11) is 0. The van der Waals surface area contributed by atoms with Gasteiger partial charge in [0.15, 0.2) is 11.5 Å². The number of nitrogens with zero attached hydrogens (tertiary/aromatic N) is 1. The second-order valence-corrected chi connectivity index (χ2v) is 5.15. The molecule has 2 aromatic carbocycles. The van der Waals surface area contributed by atoms with Gasteiger partial charge in [-0.2, -0.15) is 4.39 Å². The van der Waals surface area contributed by atoms with Gasteiger partial charge in [0.05, 0.1) is 4.92 Å². The highest BCUT2D eigenvalue weighted by Crippen LogP contribution is 2.31. The van der Waals surface area contributed by atoms with Crippen molar-refractivity contribution in [3.8, 4) is 11.5 Å². The van der Waals surface area contributed by atoms with Crippen molar-refractivity contribution in [1.29, 1.82) is 0 Å². The van der Waals surface area contributed by atoms with Gasteiger partial charge >= 0.3 is 5.69 Å². The first kappa shape index (κ1) is 16.4. The summed E-state index contributed by atoms with van der Waals surface area (Å²) in [4.78, 5) is 21.8. The van der Waals surface area contributed by atoms with E-state index in [1.54, 1.807) is 24.3 Å². The summed E-state index contributed by atoms with van der Waals surface area (Å²) in [6.45, 7) is 0.957. The van der Waals surface area contributed by atoms with Crippen LogP contribution in [0.4, 0.5) is 15.8 Å². The van der Waals surface area contributed by atoms with Gasteiger partial charge in [-0.1, -0.05) is 6.07 Å². The van der Waals surface area contributed by atoms with Gasteiger partial charge in [-0.3, -0.25) is 14.9 Å². The Morgan fingerprint density at radius 1 is 1.16 bits per heavy atom. The summed E-state index contributed by atoms with van der Waals surface area (Å²) in [5.74, 6) is -0.222. The molecule has 0 aromatic heterocycles. The molecule has 0 spiro atoms. The van der Waals surface area contributed by atoms with Crippen LogP contribution in [0.15, 0.2) is 42.5 Å². The largest absolute Gasteiger partial charge is 0.486 e. The summed E-state index contributed by atoms with van der Waals surface area (Å²) in [6.07, 6.45) is 2.83. The molecule has 0 atom stereocenters. The third-order valence-corrected chi connectivity index (χ3v) is 3.40. The minimum absolute atomic E-state index is 0.130. The van der Waals surface area contributed by atoms with Crippen molar-refractivity contribution < 1.29 is 23.6 Å². The van der Waals surface area contributed by atoms with Crippen LogP contribution in [0.25, 0.3) is 6.08 Å². The highest BCUT2D eigenvalue weighted by molar-refractivity contribution is 6.02. The van der Waals surface area contributed by atoms with Crippen LogP contribution in [0.2, 0.25) is 0 Å². The number of hydrogen-bond donors (Lipinski definition) is 1. The molecule has 0 unspecified atom stereocenters. The van der Waals surface area contributed by atoms with E-state index in [0.29, 0.717) is 24.7 Å². The number of benzene rings is 2. The Kier molecular flexibility index (Phi) is 4.60. The fourth-order valence-corrected chi connectivity index (χ4v) is 2.25. The molecule has 2 aromatic rings. The molecule has 1 amide bonds. The molecular formula is C17H13FN2O5. The molecule has 0 saturated heterocycles. The predicted octanol–water partition coefficient (Wildman–Crippen LogP) is 3.16. The molecule has 1 aliphatic heterocycles. The number of nitro benzene ring substituents is 1. The summed E-state index contributed by atoms with van der Waals surface area (Å²) in [5.41, 5.74) is 0.156. The van der Waals surface area contributed by atoms with Gasteiger partial charge in [-0.15, -0.1) is 0 Å². The molecular weight excluding hydrogens is 331 g/mol. The number of hydrogen-bond acceptors (Lipinski definition) is 5. The molecule has 1 N–H and O–H groups in total. The standard InChI is InChI=1S/C17H13FN2O5/c18-13-4-3-12(10-14(13)20(22)23)19-17(21)6-2-11-1-5-15-16(9-11)25-8-7-24-15/h1-6,9-10H,7-8H2,(H,19,21)/b6-2+. The van der Waals surface area contributed by atoms with E-state index < -0.39 is 22.3 Å². The van der Waals surface area contributed by atoms with Gasteiger partial charge in [0.2, 0.25) is 11.7 Å². The number of anilines is 1. The highest BCUT2D eigenvalue weighted by atomic mass is 19.1. The second kappa shape index (κ2) is 7.00. The van der Waals surface area contributed by atoms with E-state index in [1.807, 2.05) is 0 Å². The lowest BCUT2D eigenvalue weighted by Crippen LogP contribution is -2.15. The van der Waals surface area contributed by atoms with E-state index in [-0.39, 0.29) is 5.69 Å². The zero-order valence-corrected chi connectivity index (χ0v) is 12.9. The monoisotopic (exact) mass is 344 g/mol. The van der Waals surface area contributed by atoms with E-state index in [1.165, 1.54) is 12.1 Å². The molecule has 0 aliphatic carbocycles. The number of amides is 1. The Hall–Kier alpha value is -3.42. The first-order valence-electron chi connectivity index (χ1n) is 7.35. The first-order chi connectivity index (χ1) is 12.0. The van der Waals surface area contributed by atoms with Gasteiger partial charge < -0.3 is 14.8 Å². The Morgan fingerprint density at radius 3 is 2.68 bits per heavy atom. The van der Waals surface area contributed by atoms with Crippen LogP contribution in [-0.4, -0.2) is 24.0 Å². The van der Waals surface area contributed by atoms with Gasteiger partial charge in [0.25, 0.3) is 0 Å². The van der Waals surface area contributed by atoms with E-state index in [4.69, 9.17) is 9.47 Å². The molecule has 1 heterocycles. The summed E-state index contributed by atoms with van der Waals surface area (Å²) >= 11 is 0. The van der Waals surface area contributed by atoms with Crippen molar-refractivity contribution in [1.82, 2.24) is 0 Å². The number of halogens is 1. The fourth-order valence-electron chi connectivity index (χ4n) is 2.25. The number of nitrogens with one attached hydrogen (secondary N) is 1. The normalized spacial score (nSPS) is 12.8. The van der Waals surface area contributed by atoms with Gasteiger partial charge in [-0.25, -0.2) is 0 Å². The number of carbonyl (C=O) groups excluding carboxylic acids is 1. The van der Waals surface area contributed by atoms with Crippen LogP contribution in [0.1, 0.15) is 5.56 Å². The molecule has 0 bridgehead atoms. The van der Waals surface area contributed by atoms with E-state index >= 15 is 0 Å². The minimum Gasteiger partial charge on any atom is -0.486 e. The predicted molar refractivity (Wildman–Crippen MR) is 88.2 cm³/mol. The van der Waals surface area contributed by atoms with Crippen LogP contribution in [0.5, 0.6) is 11.5 Å². The lowest BCUT2D eigenvalue weighted by molar-refractivity contribution is -0.387. The molecule has 25 heavy (non-hydrogen) atoms. The van der Waals surface area contributed by atoms with Crippen LogP contribution >= 0.6 is 0 Å². The Balaban J connectivity index is 1.69. The maximum Gasteiger partial charge on any atom is 0.306 e. The quantitative estimate of drug-likeness (QED) is 0.523. The van der Waals surface area contributed by atoms with Crippen molar-refractivity contribution in [2.24, 2.45) is 0 Å². The topological polar surface area (TPSA) is 90.7 Å². The van der Waals surface area contributed by atoms with Gasteiger partial charge in [-0.05, 0) is 35.9 Å². The van der Waals surface area contributed by atoms with Crippen molar-refractivity contribution in [2.75, 3.05) is 18.5 Å². The highest BCUT2D eigenvalue weighted by Gasteiger charge is 2.15. The Labute approximate surface area is 141 Å². The van der Waals surface area contributed by atoms with Crippen LogP contribution < -0.4 is 14.8 Å². The van der Waals surface area contributed by atoms with E-state index in [9.17, 15) is 19.3 Å². The average Bonchev–Trinajstić information content (AvgIpc) is 2.61. The van der Waals surface area contributed by atoms with Gasteiger partial charge in [0, 0.05) is 17.8 Å². The maximum absolute atomic E-state index is 13.3. The fraction of sp³-hybridized carbons (Fsp3) is 0.118. The Morgan fingerprint density at radius 2 is 1.92 bits per heavy atom. The molecule has 8 heteroatoms. The molecule has 0 fully saturated rings. The molecule has 1 aliphatic rings. The second-order valence-electron chi connectivity index (χ2n) is 5.15. The van der Waals surface area contributed by atoms with Crippen LogP contribution in [-0.2, 0) is 4.79 Å². The SMILES string of the molecule is O=C(/C=C/c1ccc2c(c1)OCCO2)Nc1ccc(F)c([N+](=O)[O-])c1. The zero-order valence-electron chi connectivity index (χ0n) is 12.9. The molecule has 3 rings (SSSR count). The lowest BCUT2D eigenvalue weighted by Gasteiger charge is -2.18. The van der Waals surface area contributed by atoms with Crippen molar-refractivity contribution in [2.45, 2.75) is 0 Å². The molecule has 7 nitrogen and oxygen atoms in total. The van der Waals surface area contributed by atoms with E-state index in [2.05, 4.69) is 5.32 Å². The Bertz CT molecular complexity index is 866. The molecule has 0 saturated carbocycles. The maximum atomic E-state index is 13.3. The van der Waals surface area contributed by atoms with Crippen LogP contribution in [0, 0.1) is 15.9 Å². The minimum atomic E-state index is -0.963. The third kappa shape index (κ3) is 3.92. The summed E-state index contributed by atoms with van der Waals surface area (Å²) in [5, 5.41) is 13.1. The van der Waals surface area contributed by atoms with Crippen LogP contribution in [0.3, 0.4) is 0 Å². The van der Waals surface area contributed by atoms with Gasteiger partial charge in [0.1, 0.15) is 13.2 Å².